The second kappa shape index (κ2) is 14.6. The third-order valence-electron chi connectivity index (χ3n) is 7.72. The highest BCUT2D eigenvalue weighted by Gasteiger charge is 2.36. The molecule has 3 atom stereocenters. The molecule has 7 heteroatoms. The number of carbonyl (C=O) groups is 1. The fourth-order valence-electron chi connectivity index (χ4n) is 5.50. The van der Waals surface area contributed by atoms with Crippen molar-refractivity contribution in [3.63, 3.8) is 0 Å². The third-order valence-corrected chi connectivity index (χ3v) is 9.56. The number of aryl methyl sites for hydroxylation is 2. The van der Waals surface area contributed by atoms with Gasteiger partial charge in [-0.2, -0.15) is 4.31 Å². The van der Waals surface area contributed by atoms with Gasteiger partial charge in [0, 0.05) is 31.2 Å². The number of benzene rings is 2. The number of nitrogens with zero attached hydrogens (tertiary/aromatic N) is 1. The molecule has 1 aliphatic heterocycles. The molecule has 0 amide bonds. The summed E-state index contributed by atoms with van der Waals surface area (Å²) in [5, 5.41) is 0. The molecule has 1 saturated heterocycles. The van der Waals surface area contributed by atoms with Crippen molar-refractivity contribution in [2.45, 2.75) is 70.5 Å². The number of rotatable bonds is 13. The van der Waals surface area contributed by atoms with E-state index in [9.17, 15) is 13.2 Å². The van der Waals surface area contributed by atoms with Gasteiger partial charge in [-0.3, -0.25) is 4.79 Å². The predicted molar refractivity (Wildman–Crippen MR) is 168 cm³/mol. The van der Waals surface area contributed by atoms with Crippen molar-refractivity contribution in [3.8, 4) is 5.75 Å². The molecule has 2 aromatic carbocycles. The molecule has 0 N–H and O–H groups in total. The van der Waals surface area contributed by atoms with Gasteiger partial charge in [0.25, 0.3) is 0 Å². The van der Waals surface area contributed by atoms with E-state index in [2.05, 4.69) is 5.73 Å². The average molecular weight is 588 g/mol. The van der Waals surface area contributed by atoms with Crippen molar-refractivity contribution < 1.29 is 22.7 Å². The Hall–Kier alpha value is -3.48. The molecule has 1 unspecified atom stereocenters. The largest absolute Gasteiger partial charge is 0.487 e. The Bertz CT molecular complexity index is 1520. The lowest BCUT2D eigenvalue weighted by molar-refractivity contribution is 0.00151. The molecular formula is C35H41NO5S. The van der Waals surface area contributed by atoms with E-state index in [0.717, 1.165) is 36.0 Å². The van der Waals surface area contributed by atoms with E-state index in [1.165, 1.54) is 0 Å². The summed E-state index contributed by atoms with van der Waals surface area (Å²) in [4.78, 5) is 12.9. The summed E-state index contributed by atoms with van der Waals surface area (Å²) in [6, 6.07) is 12.9. The van der Waals surface area contributed by atoms with Crippen LogP contribution in [-0.2, 0) is 20.5 Å². The highest BCUT2D eigenvalue weighted by molar-refractivity contribution is 7.88. The topological polar surface area (TPSA) is 72.9 Å². The van der Waals surface area contributed by atoms with Crippen LogP contribution in [0.15, 0.2) is 96.3 Å². The Morgan fingerprint density at radius 1 is 1.12 bits per heavy atom. The van der Waals surface area contributed by atoms with E-state index >= 15 is 0 Å². The molecule has 2 aliphatic rings. The normalized spacial score (nSPS) is 18.7. The van der Waals surface area contributed by atoms with Crippen LogP contribution < -0.4 is 4.74 Å². The van der Waals surface area contributed by atoms with Crippen LogP contribution in [-0.4, -0.2) is 50.4 Å². The molecule has 0 bridgehead atoms. The molecule has 1 fully saturated rings. The molecule has 222 valence electrons. The fourth-order valence-corrected chi connectivity index (χ4v) is 7.28. The number of sulfonamides is 1. The highest BCUT2D eigenvalue weighted by Crippen LogP contribution is 2.30. The van der Waals surface area contributed by atoms with Crippen LogP contribution in [0.1, 0.15) is 59.7 Å². The van der Waals surface area contributed by atoms with Gasteiger partial charge in [-0.15, -0.1) is 5.73 Å². The lowest BCUT2D eigenvalue weighted by Crippen LogP contribution is -2.37. The van der Waals surface area contributed by atoms with E-state index in [1.807, 2.05) is 93.6 Å². The van der Waals surface area contributed by atoms with Gasteiger partial charge in [0.1, 0.15) is 11.9 Å². The maximum absolute atomic E-state index is 13.6. The van der Waals surface area contributed by atoms with Gasteiger partial charge in [-0.05, 0) is 80.7 Å². The van der Waals surface area contributed by atoms with Crippen LogP contribution in [0.3, 0.4) is 0 Å². The molecule has 0 saturated carbocycles. The predicted octanol–water partition coefficient (Wildman–Crippen LogP) is 6.81. The Morgan fingerprint density at radius 3 is 2.74 bits per heavy atom. The van der Waals surface area contributed by atoms with Gasteiger partial charge in [0.2, 0.25) is 10.0 Å². The maximum atomic E-state index is 13.6. The molecular weight excluding hydrogens is 546 g/mol. The summed E-state index contributed by atoms with van der Waals surface area (Å²) in [5.41, 5.74) is 7.45. The van der Waals surface area contributed by atoms with E-state index in [0.29, 0.717) is 29.8 Å². The third kappa shape index (κ3) is 8.08. The summed E-state index contributed by atoms with van der Waals surface area (Å²) in [7, 11) is -1.93. The van der Waals surface area contributed by atoms with Gasteiger partial charge in [0.15, 0.2) is 5.78 Å². The summed E-state index contributed by atoms with van der Waals surface area (Å²) in [6.07, 6.45) is 15.1. The van der Waals surface area contributed by atoms with Gasteiger partial charge >= 0.3 is 0 Å². The second-order valence-electron chi connectivity index (χ2n) is 10.8. The smallest absolute Gasteiger partial charge is 0.218 e. The number of hydrogen-bond acceptors (Lipinski definition) is 5. The van der Waals surface area contributed by atoms with Crippen LogP contribution in [0.2, 0.25) is 0 Å². The Balaban J connectivity index is 1.47. The highest BCUT2D eigenvalue weighted by atomic mass is 32.2. The van der Waals surface area contributed by atoms with Crippen LogP contribution >= 0.6 is 0 Å². The first kappa shape index (κ1) is 31.5. The van der Waals surface area contributed by atoms with Crippen LogP contribution in [0, 0.1) is 13.8 Å². The zero-order valence-electron chi connectivity index (χ0n) is 25.0. The number of hydrogen-bond donors (Lipinski definition) is 0. The Morgan fingerprint density at radius 2 is 1.95 bits per heavy atom. The minimum Gasteiger partial charge on any atom is -0.487 e. The lowest BCUT2D eigenvalue weighted by Gasteiger charge is -2.26. The molecule has 0 spiro atoms. The van der Waals surface area contributed by atoms with Gasteiger partial charge in [-0.1, -0.05) is 61.1 Å². The van der Waals surface area contributed by atoms with Gasteiger partial charge in [-0.25, -0.2) is 8.42 Å². The molecule has 1 heterocycles. The standard InChI is InChI=1S/C35H41NO5S/c1-5-34(40-4)35(19-11-18-33(37)31-23-26(2)20-21-27(31)3)41-30-16-10-13-28(24-30)25-42(38,39)36-22-12-17-32(36)29-14-8-6-7-9-15-29/h6-11,13-14,16,18,20-21,23-24,32,34-35H,5,12,17,19,22,25H2,1-4H3/b18-11+/t32-,34+,35?/m0/s1. The van der Waals surface area contributed by atoms with E-state index in [-0.39, 0.29) is 29.8 Å². The molecule has 0 aromatic heterocycles. The zero-order chi connectivity index (χ0) is 30.1. The number of carbonyl (C=O) groups excluding carboxylic acids is 1. The fraction of sp³-hybridized carbons (Fsp3) is 0.371. The Labute approximate surface area is 250 Å². The van der Waals surface area contributed by atoms with Crippen molar-refractivity contribution in [1.29, 1.82) is 0 Å². The number of ether oxygens (including phenoxy) is 2. The molecule has 0 radical (unpaired) electrons. The SMILES string of the molecule is CC[C@@H](OC)C(C/C=C/C(=O)c1cc(C)ccc1C)Oc1cccc(CS(=O)(=O)N2CCC[C@H]2C2=C=CC=CC=C2)c1. The van der Waals surface area contributed by atoms with Crippen molar-refractivity contribution in [2.24, 2.45) is 0 Å². The van der Waals surface area contributed by atoms with Crippen LogP contribution in [0.25, 0.3) is 0 Å². The minimum absolute atomic E-state index is 0.0466. The first-order valence-electron chi connectivity index (χ1n) is 14.6. The molecule has 42 heavy (non-hydrogen) atoms. The monoisotopic (exact) mass is 587 g/mol. The van der Waals surface area contributed by atoms with E-state index in [1.54, 1.807) is 23.6 Å². The summed E-state index contributed by atoms with van der Waals surface area (Å²) >= 11 is 0. The summed E-state index contributed by atoms with van der Waals surface area (Å²) in [5.74, 6) is 0.407. The van der Waals surface area contributed by atoms with E-state index in [4.69, 9.17) is 9.47 Å². The maximum Gasteiger partial charge on any atom is 0.218 e. The molecule has 1 aliphatic carbocycles. The van der Waals surface area contributed by atoms with Crippen LogP contribution in [0.5, 0.6) is 5.75 Å². The first-order chi connectivity index (χ1) is 20.2. The molecule has 4 rings (SSSR count). The van der Waals surface area contributed by atoms with Crippen molar-refractivity contribution in [2.75, 3.05) is 13.7 Å². The zero-order valence-corrected chi connectivity index (χ0v) is 25.8. The first-order valence-corrected chi connectivity index (χ1v) is 16.2. The summed E-state index contributed by atoms with van der Waals surface area (Å²) < 4.78 is 40.8. The van der Waals surface area contributed by atoms with Crippen LogP contribution in [0.4, 0.5) is 0 Å². The summed E-state index contributed by atoms with van der Waals surface area (Å²) in [6.45, 7) is 6.42. The Kier molecular flexibility index (Phi) is 10.9. The molecule has 2 aromatic rings. The number of ketones is 1. The van der Waals surface area contributed by atoms with Crippen molar-refractivity contribution in [1.82, 2.24) is 4.31 Å². The van der Waals surface area contributed by atoms with Crippen molar-refractivity contribution >= 4 is 15.8 Å². The van der Waals surface area contributed by atoms with Crippen molar-refractivity contribution in [3.05, 3.63) is 119 Å². The average Bonchev–Trinajstić information content (AvgIpc) is 3.32. The minimum atomic E-state index is -3.58. The van der Waals surface area contributed by atoms with Gasteiger partial charge < -0.3 is 9.47 Å². The number of allylic oxidation sites excluding steroid dienone is 4. The lowest BCUT2D eigenvalue weighted by atomic mass is 10.0. The molecule has 6 nitrogen and oxygen atoms in total. The second-order valence-corrected chi connectivity index (χ2v) is 12.8. The quantitative estimate of drug-likeness (QED) is 0.146. The van der Waals surface area contributed by atoms with Gasteiger partial charge in [0.05, 0.1) is 17.9 Å². The van der Waals surface area contributed by atoms with E-state index < -0.39 is 10.0 Å². The number of methoxy groups -OCH3 is 1.